The van der Waals surface area contributed by atoms with Gasteiger partial charge in [-0.25, -0.2) is 17.5 Å². The van der Waals surface area contributed by atoms with Gasteiger partial charge in [0.2, 0.25) is 15.9 Å². The first-order chi connectivity index (χ1) is 14.7. The van der Waals surface area contributed by atoms with Gasteiger partial charge >= 0.3 is 0 Å². The van der Waals surface area contributed by atoms with E-state index in [0.29, 0.717) is 30.6 Å². The van der Waals surface area contributed by atoms with Crippen LogP contribution in [0.5, 0.6) is 0 Å². The van der Waals surface area contributed by atoms with Crippen molar-refractivity contribution in [3.63, 3.8) is 0 Å². The predicted octanol–water partition coefficient (Wildman–Crippen LogP) is 3.16. The summed E-state index contributed by atoms with van der Waals surface area (Å²) in [5.41, 5.74) is 1.71. The zero-order valence-corrected chi connectivity index (χ0v) is 18.5. The Labute approximate surface area is 182 Å². The zero-order chi connectivity index (χ0) is 22.6. The van der Waals surface area contributed by atoms with Gasteiger partial charge in [-0.2, -0.15) is 0 Å². The minimum atomic E-state index is -3.75. The van der Waals surface area contributed by atoms with Gasteiger partial charge in [0, 0.05) is 20.0 Å². The summed E-state index contributed by atoms with van der Waals surface area (Å²) in [6, 6.07) is 12.4. The summed E-state index contributed by atoms with van der Waals surface area (Å²) in [6.45, 7) is 3.55. The maximum Gasteiger partial charge on any atom is 0.219 e. The maximum absolute atomic E-state index is 14.6. The molecule has 1 N–H and O–H groups in total. The largest absolute Gasteiger partial charge is 0.343 e. The molecule has 1 heterocycles. The van der Waals surface area contributed by atoms with Gasteiger partial charge in [-0.3, -0.25) is 9.59 Å². The third kappa shape index (κ3) is 5.98. The first kappa shape index (κ1) is 23.1. The summed E-state index contributed by atoms with van der Waals surface area (Å²) < 4.78 is 41.9. The molecule has 0 saturated carbocycles. The standard InChI is InChI=1S/C23H27FN2O4S/c1-16-11-20(19-8-4-3-5-9-19)12-21(23(16)24)22(28)13-25-31(29,30)15-18-7-6-10-26(14-18)17(2)27/h3-5,8-9,11-12,18,25H,6-7,10,13-15H2,1-2H3. The number of Topliss-reactive ketones (excluding diaryl/α,β-unsaturated/α-hetero) is 1. The van der Waals surface area contributed by atoms with Crippen molar-refractivity contribution < 1.29 is 22.4 Å². The fourth-order valence-electron chi connectivity index (χ4n) is 3.90. The van der Waals surface area contributed by atoms with Crippen LogP contribution in [0.4, 0.5) is 4.39 Å². The molecule has 0 bridgehead atoms. The van der Waals surface area contributed by atoms with Crippen molar-refractivity contribution in [2.45, 2.75) is 26.7 Å². The first-order valence-corrected chi connectivity index (χ1v) is 11.9. The number of nitrogens with one attached hydrogen (secondary N) is 1. The highest BCUT2D eigenvalue weighted by molar-refractivity contribution is 7.89. The number of hydrogen-bond donors (Lipinski definition) is 1. The van der Waals surface area contributed by atoms with Crippen LogP contribution in [0.3, 0.4) is 0 Å². The maximum atomic E-state index is 14.6. The van der Waals surface area contributed by atoms with Crippen LogP contribution in [-0.2, 0) is 14.8 Å². The van der Waals surface area contributed by atoms with E-state index in [1.54, 1.807) is 17.9 Å². The van der Waals surface area contributed by atoms with Crippen LogP contribution < -0.4 is 4.72 Å². The van der Waals surface area contributed by atoms with Crippen LogP contribution >= 0.6 is 0 Å². The molecule has 0 radical (unpaired) electrons. The number of amides is 1. The molecule has 1 amide bonds. The van der Waals surface area contributed by atoms with Gasteiger partial charge < -0.3 is 4.90 Å². The van der Waals surface area contributed by atoms with Gasteiger partial charge in [-0.15, -0.1) is 0 Å². The number of ketones is 1. The number of sulfonamides is 1. The summed E-state index contributed by atoms with van der Waals surface area (Å²) in [7, 11) is -3.75. The van der Waals surface area contributed by atoms with Gasteiger partial charge in [-0.1, -0.05) is 30.3 Å². The molecule has 0 aliphatic carbocycles. The van der Waals surface area contributed by atoms with Crippen molar-refractivity contribution in [3.8, 4) is 11.1 Å². The molecular formula is C23H27FN2O4S. The minimum Gasteiger partial charge on any atom is -0.343 e. The molecule has 2 aromatic rings. The molecule has 166 valence electrons. The highest BCUT2D eigenvalue weighted by Gasteiger charge is 2.27. The van der Waals surface area contributed by atoms with Gasteiger partial charge in [0.1, 0.15) is 5.82 Å². The summed E-state index contributed by atoms with van der Waals surface area (Å²) >= 11 is 0. The SMILES string of the molecule is CC(=O)N1CCCC(CS(=O)(=O)NCC(=O)c2cc(-c3ccccc3)cc(C)c2F)C1. The van der Waals surface area contributed by atoms with E-state index in [1.165, 1.54) is 13.0 Å². The van der Waals surface area contributed by atoms with E-state index in [9.17, 15) is 22.4 Å². The molecule has 1 saturated heterocycles. The van der Waals surface area contributed by atoms with E-state index in [4.69, 9.17) is 0 Å². The van der Waals surface area contributed by atoms with E-state index >= 15 is 0 Å². The number of aryl methyl sites for hydroxylation is 1. The normalized spacial score (nSPS) is 16.9. The lowest BCUT2D eigenvalue weighted by atomic mass is 9.98. The number of nitrogens with zero attached hydrogens (tertiary/aromatic N) is 1. The molecule has 1 fully saturated rings. The van der Waals surface area contributed by atoms with Crippen molar-refractivity contribution in [1.29, 1.82) is 0 Å². The Morgan fingerprint density at radius 1 is 1.16 bits per heavy atom. The van der Waals surface area contributed by atoms with Crippen molar-refractivity contribution in [1.82, 2.24) is 9.62 Å². The second kappa shape index (κ2) is 9.70. The molecule has 6 nitrogen and oxygen atoms in total. The molecule has 31 heavy (non-hydrogen) atoms. The molecule has 1 atom stereocenters. The van der Waals surface area contributed by atoms with Crippen molar-refractivity contribution in [3.05, 3.63) is 59.4 Å². The number of carbonyl (C=O) groups excluding carboxylic acids is 2. The topological polar surface area (TPSA) is 83.6 Å². The fourth-order valence-corrected chi connectivity index (χ4v) is 5.26. The van der Waals surface area contributed by atoms with E-state index in [-0.39, 0.29) is 23.1 Å². The molecule has 1 unspecified atom stereocenters. The lowest BCUT2D eigenvalue weighted by Gasteiger charge is -2.31. The summed E-state index contributed by atoms with van der Waals surface area (Å²) in [4.78, 5) is 25.9. The first-order valence-electron chi connectivity index (χ1n) is 10.3. The van der Waals surface area contributed by atoms with Gasteiger partial charge in [0.15, 0.2) is 5.78 Å². The average molecular weight is 447 g/mol. The lowest BCUT2D eigenvalue weighted by molar-refractivity contribution is -0.130. The van der Waals surface area contributed by atoms with Crippen LogP contribution in [-0.4, -0.2) is 50.4 Å². The summed E-state index contributed by atoms with van der Waals surface area (Å²) in [6.07, 6.45) is 1.45. The van der Waals surface area contributed by atoms with E-state index < -0.39 is 28.2 Å². The fraction of sp³-hybridized carbons (Fsp3) is 0.391. The molecule has 3 rings (SSSR count). The predicted molar refractivity (Wildman–Crippen MR) is 118 cm³/mol. The Kier molecular flexibility index (Phi) is 7.23. The van der Waals surface area contributed by atoms with Crippen LogP contribution in [0.25, 0.3) is 11.1 Å². The van der Waals surface area contributed by atoms with Gasteiger partial charge in [0.05, 0.1) is 17.9 Å². The van der Waals surface area contributed by atoms with E-state index in [2.05, 4.69) is 4.72 Å². The van der Waals surface area contributed by atoms with Crippen LogP contribution in [0.1, 0.15) is 35.7 Å². The number of carbonyl (C=O) groups is 2. The lowest BCUT2D eigenvalue weighted by Crippen LogP contribution is -2.43. The van der Waals surface area contributed by atoms with Crippen LogP contribution in [0, 0.1) is 18.7 Å². The molecule has 1 aliphatic heterocycles. The minimum absolute atomic E-state index is 0.0747. The number of hydrogen-bond acceptors (Lipinski definition) is 4. The quantitative estimate of drug-likeness (QED) is 0.663. The molecule has 1 aliphatic rings. The smallest absolute Gasteiger partial charge is 0.219 e. The molecule has 0 aromatic heterocycles. The summed E-state index contributed by atoms with van der Waals surface area (Å²) in [5, 5.41) is 0. The van der Waals surface area contributed by atoms with Crippen molar-refractivity contribution >= 4 is 21.7 Å². The number of halogens is 1. The van der Waals surface area contributed by atoms with Crippen LogP contribution in [0.2, 0.25) is 0 Å². The van der Waals surface area contributed by atoms with E-state index in [0.717, 1.165) is 12.0 Å². The molecule has 0 spiro atoms. The van der Waals surface area contributed by atoms with Gasteiger partial charge in [-0.05, 0) is 54.5 Å². The Balaban J connectivity index is 1.69. The highest BCUT2D eigenvalue weighted by atomic mass is 32.2. The second-order valence-corrected chi connectivity index (χ2v) is 9.87. The highest BCUT2D eigenvalue weighted by Crippen LogP contribution is 2.25. The molecule has 2 aromatic carbocycles. The number of rotatable bonds is 7. The van der Waals surface area contributed by atoms with Crippen LogP contribution in [0.15, 0.2) is 42.5 Å². The number of piperidine rings is 1. The molecular weight excluding hydrogens is 419 g/mol. The third-order valence-corrected chi connectivity index (χ3v) is 7.03. The number of benzene rings is 2. The molecule has 8 heteroatoms. The van der Waals surface area contributed by atoms with Crippen molar-refractivity contribution in [2.75, 3.05) is 25.4 Å². The Bertz CT molecular complexity index is 1070. The third-order valence-electron chi connectivity index (χ3n) is 5.53. The van der Waals surface area contributed by atoms with Crippen molar-refractivity contribution in [2.24, 2.45) is 5.92 Å². The summed E-state index contributed by atoms with van der Waals surface area (Å²) in [5.74, 6) is -1.71. The number of likely N-dealkylation sites (tertiary alicyclic amines) is 1. The van der Waals surface area contributed by atoms with E-state index in [1.807, 2.05) is 30.3 Å². The second-order valence-electron chi connectivity index (χ2n) is 8.02. The Morgan fingerprint density at radius 3 is 2.55 bits per heavy atom. The average Bonchev–Trinajstić information content (AvgIpc) is 2.74. The van der Waals surface area contributed by atoms with Gasteiger partial charge in [0.25, 0.3) is 0 Å². The monoisotopic (exact) mass is 446 g/mol. The zero-order valence-electron chi connectivity index (χ0n) is 17.7. The Morgan fingerprint density at radius 2 is 1.87 bits per heavy atom. The Hall–Kier alpha value is -2.58.